The largest absolute Gasteiger partial charge is 0.484 e. The summed E-state index contributed by atoms with van der Waals surface area (Å²) in [5.41, 5.74) is 6.31. The summed E-state index contributed by atoms with van der Waals surface area (Å²) in [5, 5.41) is 3.48. The van der Waals surface area contributed by atoms with E-state index < -0.39 is 0 Å². The van der Waals surface area contributed by atoms with Crippen molar-refractivity contribution in [2.75, 3.05) is 18.9 Å². The van der Waals surface area contributed by atoms with Crippen LogP contribution in [0.15, 0.2) is 24.3 Å². The Morgan fingerprint density at radius 3 is 2.76 bits per heavy atom. The van der Waals surface area contributed by atoms with Gasteiger partial charge in [-0.15, -0.1) is 0 Å². The minimum Gasteiger partial charge on any atom is -0.484 e. The van der Waals surface area contributed by atoms with Crippen molar-refractivity contribution in [2.45, 2.75) is 24.5 Å². The molecule has 0 aliphatic carbocycles. The van der Waals surface area contributed by atoms with Crippen molar-refractivity contribution in [1.29, 1.82) is 0 Å². The summed E-state index contributed by atoms with van der Waals surface area (Å²) in [6.45, 7) is 0.761. The van der Waals surface area contributed by atoms with Crippen LogP contribution in [0.25, 0.3) is 0 Å². The fourth-order valence-electron chi connectivity index (χ4n) is 2.11. The highest BCUT2D eigenvalue weighted by atomic mass is 32.2. The first-order chi connectivity index (χ1) is 10.1. The van der Waals surface area contributed by atoms with Crippen LogP contribution >= 0.6 is 24.0 Å². The van der Waals surface area contributed by atoms with Crippen LogP contribution in [0.1, 0.15) is 24.8 Å². The zero-order valence-corrected chi connectivity index (χ0v) is 13.5. The van der Waals surface area contributed by atoms with Gasteiger partial charge in [0.15, 0.2) is 6.61 Å². The Morgan fingerprint density at radius 1 is 1.38 bits per heavy atom. The molecule has 4 nitrogen and oxygen atoms in total. The predicted molar refractivity (Wildman–Crippen MR) is 90.9 cm³/mol. The van der Waals surface area contributed by atoms with Crippen molar-refractivity contribution in [2.24, 2.45) is 5.73 Å². The summed E-state index contributed by atoms with van der Waals surface area (Å²) < 4.78 is 5.44. The number of ether oxygens (including phenoxy) is 1. The van der Waals surface area contributed by atoms with Crippen LogP contribution in [0, 0.1) is 0 Å². The number of thioether (sulfide) groups is 1. The summed E-state index contributed by atoms with van der Waals surface area (Å²) in [4.78, 5) is 12.1. The number of hydrogen-bond donors (Lipinski definition) is 2. The average molecular weight is 324 g/mol. The molecule has 1 heterocycles. The lowest BCUT2D eigenvalue weighted by Crippen LogP contribution is -2.35. The number of carbonyl (C=O) groups excluding carboxylic acids is 1. The quantitative estimate of drug-likeness (QED) is 0.785. The van der Waals surface area contributed by atoms with Crippen LogP contribution < -0.4 is 15.8 Å². The molecule has 1 unspecified atom stereocenters. The van der Waals surface area contributed by atoms with Crippen LogP contribution in [0.5, 0.6) is 5.75 Å². The topological polar surface area (TPSA) is 64.3 Å². The Kier molecular flexibility index (Phi) is 6.32. The molecule has 0 aromatic heterocycles. The molecule has 3 N–H and O–H groups in total. The second-order valence-corrected chi connectivity index (χ2v) is 6.82. The molecule has 1 aliphatic heterocycles. The van der Waals surface area contributed by atoms with Crippen LogP contribution in [0.2, 0.25) is 0 Å². The predicted octanol–water partition coefficient (Wildman–Crippen LogP) is 2.10. The molecule has 21 heavy (non-hydrogen) atoms. The Morgan fingerprint density at radius 2 is 2.14 bits per heavy atom. The van der Waals surface area contributed by atoms with Gasteiger partial charge in [-0.1, -0.05) is 18.6 Å². The van der Waals surface area contributed by atoms with Crippen molar-refractivity contribution in [1.82, 2.24) is 5.32 Å². The van der Waals surface area contributed by atoms with Crippen molar-refractivity contribution in [3.05, 3.63) is 29.8 Å². The lowest BCUT2D eigenvalue weighted by atomic mass is 10.2. The van der Waals surface area contributed by atoms with Gasteiger partial charge in [0.2, 0.25) is 0 Å². The van der Waals surface area contributed by atoms with Crippen LogP contribution in [0.4, 0.5) is 0 Å². The third kappa shape index (κ3) is 5.55. The fraction of sp³-hybridized carbons (Fsp3) is 0.467. The van der Waals surface area contributed by atoms with E-state index in [-0.39, 0.29) is 12.5 Å². The summed E-state index contributed by atoms with van der Waals surface area (Å²) in [6, 6.07) is 7.10. The zero-order chi connectivity index (χ0) is 15.1. The number of benzene rings is 1. The molecule has 114 valence electrons. The van der Waals surface area contributed by atoms with Gasteiger partial charge in [-0.3, -0.25) is 4.79 Å². The maximum Gasteiger partial charge on any atom is 0.257 e. The lowest BCUT2D eigenvalue weighted by Gasteiger charge is -2.21. The maximum atomic E-state index is 11.7. The fourth-order valence-corrected chi connectivity index (χ4v) is 3.49. The minimum absolute atomic E-state index is 0.0316. The second-order valence-electron chi connectivity index (χ2n) is 4.97. The molecule has 1 aliphatic rings. The molecule has 1 aromatic rings. The van der Waals surface area contributed by atoms with Gasteiger partial charge in [0.05, 0.1) is 0 Å². The molecule has 0 bridgehead atoms. The first-order valence-electron chi connectivity index (χ1n) is 7.06. The number of nitrogens with two attached hydrogens (primary N) is 1. The first kappa shape index (κ1) is 16.1. The van der Waals surface area contributed by atoms with Gasteiger partial charge in [-0.25, -0.2) is 0 Å². The second kappa shape index (κ2) is 8.24. The van der Waals surface area contributed by atoms with Crippen LogP contribution in [-0.4, -0.2) is 35.1 Å². The Bertz CT molecular complexity index is 485. The van der Waals surface area contributed by atoms with Crippen molar-refractivity contribution >= 4 is 34.9 Å². The maximum absolute atomic E-state index is 11.7. The molecule has 1 atom stereocenters. The highest BCUT2D eigenvalue weighted by Crippen LogP contribution is 2.24. The molecule has 2 rings (SSSR count). The summed E-state index contributed by atoms with van der Waals surface area (Å²) >= 11 is 6.82. The van der Waals surface area contributed by atoms with Crippen molar-refractivity contribution in [3.8, 4) is 5.75 Å². The number of amides is 1. The van der Waals surface area contributed by atoms with E-state index in [1.165, 1.54) is 25.0 Å². The monoisotopic (exact) mass is 324 g/mol. The number of rotatable bonds is 6. The van der Waals surface area contributed by atoms with E-state index in [0.717, 1.165) is 12.1 Å². The number of carbonyl (C=O) groups is 1. The molecule has 1 fully saturated rings. The van der Waals surface area contributed by atoms with Gasteiger partial charge >= 0.3 is 0 Å². The normalized spacial score (nSPS) is 18.0. The van der Waals surface area contributed by atoms with Crippen molar-refractivity contribution < 1.29 is 9.53 Å². The average Bonchev–Trinajstić information content (AvgIpc) is 2.52. The SMILES string of the molecule is NC(=S)c1ccc(OCC(=O)NCC2CCCCS2)cc1. The van der Waals surface area contributed by atoms with Crippen molar-refractivity contribution in [3.63, 3.8) is 0 Å². The van der Waals surface area contributed by atoms with Gasteiger partial charge in [-0.05, 0) is 42.9 Å². The van der Waals surface area contributed by atoms with Gasteiger partial charge in [-0.2, -0.15) is 11.8 Å². The number of nitrogens with one attached hydrogen (secondary N) is 1. The molecule has 6 heteroatoms. The standard InChI is InChI=1S/C15H20N2O2S2/c16-15(20)11-4-6-12(7-5-11)19-10-14(18)17-9-13-3-1-2-8-21-13/h4-7,13H,1-3,8-10H2,(H2,16,20)(H,17,18). The summed E-state index contributed by atoms with van der Waals surface area (Å²) in [5.74, 6) is 1.75. The number of hydrogen-bond acceptors (Lipinski definition) is 4. The molecule has 0 spiro atoms. The van der Waals surface area contributed by atoms with Gasteiger partial charge in [0.1, 0.15) is 10.7 Å². The first-order valence-corrected chi connectivity index (χ1v) is 8.52. The molecular weight excluding hydrogens is 304 g/mol. The van der Waals surface area contributed by atoms with Crippen LogP contribution in [-0.2, 0) is 4.79 Å². The molecule has 1 aromatic carbocycles. The van der Waals surface area contributed by atoms with Crippen LogP contribution in [0.3, 0.4) is 0 Å². The molecule has 0 radical (unpaired) electrons. The highest BCUT2D eigenvalue weighted by molar-refractivity contribution is 7.99. The van der Waals surface area contributed by atoms with E-state index >= 15 is 0 Å². The van der Waals surface area contributed by atoms with E-state index in [1.807, 2.05) is 11.8 Å². The minimum atomic E-state index is -0.0837. The Balaban J connectivity index is 1.69. The van der Waals surface area contributed by atoms with E-state index in [4.69, 9.17) is 22.7 Å². The smallest absolute Gasteiger partial charge is 0.257 e. The molecular formula is C15H20N2O2S2. The lowest BCUT2D eigenvalue weighted by molar-refractivity contribution is -0.123. The summed E-state index contributed by atoms with van der Waals surface area (Å²) in [6.07, 6.45) is 3.74. The third-order valence-electron chi connectivity index (χ3n) is 3.31. The van der Waals surface area contributed by atoms with E-state index in [9.17, 15) is 4.79 Å². The van der Waals surface area contributed by atoms with Gasteiger partial charge in [0.25, 0.3) is 5.91 Å². The van der Waals surface area contributed by atoms with E-state index in [2.05, 4.69) is 5.32 Å². The molecule has 0 saturated carbocycles. The zero-order valence-electron chi connectivity index (χ0n) is 11.8. The summed E-state index contributed by atoms with van der Waals surface area (Å²) in [7, 11) is 0. The van der Waals surface area contributed by atoms with E-state index in [0.29, 0.717) is 16.0 Å². The Labute approximate surface area is 134 Å². The van der Waals surface area contributed by atoms with Gasteiger partial charge in [0, 0.05) is 17.4 Å². The molecule has 1 saturated heterocycles. The molecule has 1 amide bonds. The van der Waals surface area contributed by atoms with Gasteiger partial charge < -0.3 is 15.8 Å². The van der Waals surface area contributed by atoms with E-state index in [1.54, 1.807) is 24.3 Å². The highest BCUT2D eigenvalue weighted by Gasteiger charge is 2.14. The Hall–Kier alpha value is -1.27. The number of thiocarbonyl (C=S) groups is 1. The third-order valence-corrected chi connectivity index (χ3v) is 4.94.